The van der Waals surface area contributed by atoms with Gasteiger partial charge in [-0.2, -0.15) is 0 Å². The van der Waals surface area contributed by atoms with E-state index in [9.17, 15) is 19.2 Å². The van der Waals surface area contributed by atoms with E-state index in [4.69, 9.17) is 14.2 Å². The SMILES string of the molecule is COc1ccc(Cn2cc(I)c(C)c(NC(=O)C(CCc3ccc(C(C)(C)C(=O)OC(C)(C)C)cc3)NC(=O)OCc3ccccc3)c2=O)cc1. The van der Waals surface area contributed by atoms with Gasteiger partial charge in [0.25, 0.3) is 5.56 Å². The van der Waals surface area contributed by atoms with Crippen LogP contribution in [0.15, 0.2) is 89.9 Å². The Morgan fingerprint density at radius 3 is 2.10 bits per heavy atom. The van der Waals surface area contributed by atoms with E-state index in [1.165, 1.54) is 0 Å². The van der Waals surface area contributed by atoms with Crippen molar-refractivity contribution in [2.75, 3.05) is 12.4 Å². The third-order valence-electron chi connectivity index (χ3n) is 8.37. The fraction of sp³-hybridized carbons (Fsp3) is 0.350. The van der Waals surface area contributed by atoms with E-state index in [0.717, 1.165) is 25.8 Å². The second-order valence-corrected chi connectivity index (χ2v) is 15.0. The number of anilines is 1. The third-order valence-corrected chi connectivity index (χ3v) is 9.45. The zero-order valence-corrected chi connectivity index (χ0v) is 32.3. The van der Waals surface area contributed by atoms with Crippen molar-refractivity contribution in [3.63, 3.8) is 0 Å². The first kappa shape index (κ1) is 39.1. The van der Waals surface area contributed by atoms with E-state index in [2.05, 4.69) is 33.2 Å². The molecule has 0 aliphatic rings. The molecule has 4 aromatic rings. The lowest BCUT2D eigenvalue weighted by Crippen LogP contribution is -2.45. The number of hydrogen-bond acceptors (Lipinski definition) is 7. The van der Waals surface area contributed by atoms with Gasteiger partial charge in [0, 0.05) is 9.77 Å². The van der Waals surface area contributed by atoms with Gasteiger partial charge in [0.2, 0.25) is 5.91 Å². The molecule has 270 valence electrons. The summed E-state index contributed by atoms with van der Waals surface area (Å²) < 4.78 is 18.7. The number of rotatable bonds is 13. The standard InChI is InChI=1S/C40H46IN3O7/c1-26-32(41)24-44(23-28-15-20-31(49-7)21-16-28)36(46)34(26)43-35(45)33(42-38(48)50-25-29-11-9-8-10-12-29)22-17-27-13-18-30(19-14-27)40(5,6)37(47)51-39(2,3)4/h8-16,18-21,24,33H,17,22-23,25H2,1-7H3,(H,42,48)(H,43,45). The van der Waals surface area contributed by atoms with Gasteiger partial charge in [-0.1, -0.05) is 66.7 Å². The summed E-state index contributed by atoms with van der Waals surface area (Å²) >= 11 is 2.14. The normalized spacial score (nSPS) is 12.1. The summed E-state index contributed by atoms with van der Waals surface area (Å²) in [5, 5.41) is 5.53. The molecule has 51 heavy (non-hydrogen) atoms. The van der Waals surface area contributed by atoms with Gasteiger partial charge < -0.3 is 29.4 Å². The van der Waals surface area contributed by atoms with Crippen LogP contribution in [-0.2, 0) is 44.1 Å². The predicted molar refractivity (Wildman–Crippen MR) is 206 cm³/mol. The highest BCUT2D eigenvalue weighted by atomic mass is 127. The van der Waals surface area contributed by atoms with Gasteiger partial charge in [-0.05, 0) is 117 Å². The number of carbonyl (C=O) groups excluding carboxylic acids is 3. The quantitative estimate of drug-likeness (QED) is 0.107. The summed E-state index contributed by atoms with van der Waals surface area (Å²) in [5.41, 5.74) is 2.27. The van der Waals surface area contributed by atoms with Gasteiger partial charge in [-0.3, -0.25) is 14.4 Å². The molecule has 3 aromatic carbocycles. The van der Waals surface area contributed by atoms with Gasteiger partial charge in [0.05, 0.1) is 19.1 Å². The lowest BCUT2D eigenvalue weighted by Gasteiger charge is -2.29. The molecule has 0 saturated heterocycles. The fourth-order valence-corrected chi connectivity index (χ4v) is 5.82. The molecule has 10 nitrogen and oxygen atoms in total. The van der Waals surface area contributed by atoms with E-state index < -0.39 is 29.1 Å². The lowest BCUT2D eigenvalue weighted by atomic mass is 9.84. The summed E-state index contributed by atoms with van der Waals surface area (Å²) in [6.07, 6.45) is 1.62. The second kappa shape index (κ2) is 17.0. The van der Waals surface area contributed by atoms with Gasteiger partial charge in [-0.15, -0.1) is 0 Å². The first-order valence-electron chi connectivity index (χ1n) is 16.7. The molecule has 0 bridgehead atoms. The van der Waals surface area contributed by atoms with Crippen molar-refractivity contribution in [3.8, 4) is 5.75 Å². The molecule has 1 aromatic heterocycles. The monoisotopic (exact) mass is 807 g/mol. The van der Waals surface area contributed by atoms with Gasteiger partial charge >= 0.3 is 12.1 Å². The molecule has 0 radical (unpaired) electrons. The highest BCUT2D eigenvalue weighted by Gasteiger charge is 2.34. The van der Waals surface area contributed by atoms with Crippen molar-refractivity contribution < 1.29 is 28.6 Å². The second-order valence-electron chi connectivity index (χ2n) is 13.9. The van der Waals surface area contributed by atoms with Gasteiger partial charge in [-0.25, -0.2) is 4.79 Å². The number of nitrogens with zero attached hydrogens (tertiary/aromatic N) is 1. The number of ether oxygens (including phenoxy) is 3. The number of pyridine rings is 1. The number of nitrogens with one attached hydrogen (secondary N) is 2. The highest BCUT2D eigenvalue weighted by molar-refractivity contribution is 14.1. The van der Waals surface area contributed by atoms with Crippen LogP contribution in [0.1, 0.15) is 68.9 Å². The fourth-order valence-electron chi connectivity index (χ4n) is 5.22. The summed E-state index contributed by atoms with van der Waals surface area (Å²) in [6, 6.07) is 23.1. The van der Waals surface area contributed by atoms with Crippen LogP contribution in [0.3, 0.4) is 0 Å². The van der Waals surface area contributed by atoms with E-state index in [1.807, 2.05) is 113 Å². The lowest BCUT2D eigenvalue weighted by molar-refractivity contribution is -0.160. The summed E-state index contributed by atoms with van der Waals surface area (Å²) in [7, 11) is 1.59. The summed E-state index contributed by atoms with van der Waals surface area (Å²) in [5.74, 6) is -0.168. The summed E-state index contributed by atoms with van der Waals surface area (Å²) in [4.78, 5) is 53.5. The Hall–Kier alpha value is -4.65. The first-order valence-corrected chi connectivity index (χ1v) is 17.8. The Bertz CT molecular complexity index is 1880. The Balaban J connectivity index is 1.54. The number of alkyl carbamates (subject to hydrolysis) is 1. The van der Waals surface area contributed by atoms with E-state index in [-0.39, 0.29) is 36.8 Å². The minimum absolute atomic E-state index is 0.0297. The molecule has 0 aliphatic carbocycles. The third kappa shape index (κ3) is 10.9. The zero-order chi connectivity index (χ0) is 37.3. The van der Waals surface area contributed by atoms with Crippen molar-refractivity contribution in [2.45, 2.75) is 84.6 Å². The van der Waals surface area contributed by atoms with E-state index in [1.54, 1.807) is 24.8 Å². The molecule has 1 unspecified atom stereocenters. The predicted octanol–water partition coefficient (Wildman–Crippen LogP) is 7.30. The first-order chi connectivity index (χ1) is 24.1. The number of amides is 2. The topological polar surface area (TPSA) is 125 Å². The van der Waals surface area contributed by atoms with Crippen LogP contribution in [0.25, 0.3) is 0 Å². The Labute approximate surface area is 313 Å². The minimum Gasteiger partial charge on any atom is -0.497 e. The molecule has 1 heterocycles. The number of aromatic nitrogens is 1. The molecule has 11 heteroatoms. The Morgan fingerprint density at radius 1 is 0.863 bits per heavy atom. The number of esters is 1. The summed E-state index contributed by atoms with van der Waals surface area (Å²) in [6.45, 7) is 11.2. The number of methoxy groups -OCH3 is 1. The molecule has 0 spiro atoms. The molecule has 0 saturated carbocycles. The maximum absolute atomic E-state index is 13.9. The number of carbonyl (C=O) groups is 3. The largest absolute Gasteiger partial charge is 0.497 e. The van der Waals surface area contributed by atoms with Crippen molar-refractivity contribution in [1.82, 2.24) is 9.88 Å². The van der Waals surface area contributed by atoms with Gasteiger partial charge in [0.1, 0.15) is 29.7 Å². The zero-order valence-electron chi connectivity index (χ0n) is 30.2. The Morgan fingerprint density at radius 2 is 1.49 bits per heavy atom. The number of halogens is 1. The molecular weight excluding hydrogens is 761 g/mol. The van der Waals surface area contributed by atoms with Crippen LogP contribution in [0.4, 0.5) is 10.5 Å². The molecule has 1 atom stereocenters. The molecule has 2 amide bonds. The highest BCUT2D eigenvalue weighted by Crippen LogP contribution is 2.28. The Kier molecular flexibility index (Phi) is 13.1. The van der Waals surface area contributed by atoms with Crippen LogP contribution < -0.4 is 20.9 Å². The van der Waals surface area contributed by atoms with Crippen LogP contribution in [0.5, 0.6) is 5.75 Å². The van der Waals surface area contributed by atoms with Crippen molar-refractivity contribution >= 4 is 46.2 Å². The number of benzene rings is 3. The molecule has 0 fully saturated rings. The van der Waals surface area contributed by atoms with Crippen molar-refractivity contribution in [3.05, 3.63) is 127 Å². The van der Waals surface area contributed by atoms with Crippen molar-refractivity contribution in [2.24, 2.45) is 0 Å². The van der Waals surface area contributed by atoms with Crippen LogP contribution >= 0.6 is 22.6 Å². The van der Waals surface area contributed by atoms with Crippen LogP contribution in [0.2, 0.25) is 0 Å². The van der Waals surface area contributed by atoms with Crippen molar-refractivity contribution in [1.29, 1.82) is 0 Å². The average molecular weight is 808 g/mol. The minimum atomic E-state index is -1.03. The van der Waals surface area contributed by atoms with Gasteiger partial charge in [0.15, 0.2) is 0 Å². The maximum Gasteiger partial charge on any atom is 0.408 e. The smallest absolute Gasteiger partial charge is 0.408 e. The van der Waals surface area contributed by atoms with E-state index >= 15 is 0 Å². The van der Waals surface area contributed by atoms with Crippen LogP contribution in [-0.4, -0.2) is 41.3 Å². The number of hydrogen-bond donors (Lipinski definition) is 2. The molecular formula is C40H46IN3O7. The maximum atomic E-state index is 13.9. The molecule has 4 rings (SSSR count). The average Bonchev–Trinajstić information content (AvgIpc) is 3.10. The van der Waals surface area contributed by atoms with E-state index in [0.29, 0.717) is 17.7 Å². The van der Waals surface area contributed by atoms with Crippen LogP contribution in [0, 0.1) is 10.5 Å². The number of aryl methyl sites for hydroxylation is 1. The molecule has 0 aliphatic heterocycles. The molecule has 2 N–H and O–H groups in total.